The lowest BCUT2D eigenvalue weighted by Crippen LogP contribution is -2.48. The highest BCUT2D eigenvalue weighted by molar-refractivity contribution is 5.96. The smallest absolute Gasteiger partial charge is 0.251 e. The van der Waals surface area contributed by atoms with E-state index in [1.54, 1.807) is 24.3 Å². The Morgan fingerprint density at radius 2 is 1.81 bits per heavy atom. The van der Waals surface area contributed by atoms with Crippen molar-refractivity contribution in [3.8, 4) is 5.75 Å². The first-order valence-electron chi connectivity index (χ1n) is 9.90. The Morgan fingerprint density at radius 3 is 2.41 bits per heavy atom. The average molecular weight is 376 g/mol. The van der Waals surface area contributed by atoms with E-state index in [1.807, 2.05) is 13.8 Å². The lowest BCUT2D eigenvalue weighted by atomic mass is 9.92. The van der Waals surface area contributed by atoms with Crippen LogP contribution in [0.25, 0.3) is 0 Å². The van der Waals surface area contributed by atoms with E-state index < -0.39 is 0 Å². The third-order valence-corrected chi connectivity index (χ3v) is 4.72. The van der Waals surface area contributed by atoms with Crippen LogP contribution >= 0.6 is 0 Å². The molecule has 3 unspecified atom stereocenters. The molecule has 6 nitrogen and oxygen atoms in total. The molecule has 0 spiro atoms. The van der Waals surface area contributed by atoms with E-state index >= 15 is 0 Å². The summed E-state index contributed by atoms with van der Waals surface area (Å²) < 4.78 is 5.36. The highest BCUT2D eigenvalue weighted by Crippen LogP contribution is 2.20. The fraction of sp³-hybridized carbons (Fsp3) is 0.619. The second-order valence-electron chi connectivity index (χ2n) is 7.77. The number of ether oxygens (including phenoxy) is 1. The van der Waals surface area contributed by atoms with Gasteiger partial charge in [0.1, 0.15) is 5.75 Å². The summed E-state index contributed by atoms with van der Waals surface area (Å²) in [6.45, 7) is 12.0. The molecule has 1 fully saturated rings. The monoisotopic (exact) mass is 375 g/mol. The maximum absolute atomic E-state index is 12.2. The number of nitrogens with zero attached hydrogens (tertiary/aromatic N) is 1. The van der Waals surface area contributed by atoms with Gasteiger partial charge >= 0.3 is 0 Å². The minimum absolute atomic E-state index is 0.0246. The number of carbonyl (C=O) groups is 2. The average Bonchev–Trinajstić information content (AvgIpc) is 2.59. The number of likely N-dealkylation sites (tertiary alicyclic amines) is 1. The van der Waals surface area contributed by atoms with Crippen molar-refractivity contribution in [2.75, 3.05) is 32.8 Å². The molecule has 150 valence electrons. The van der Waals surface area contributed by atoms with E-state index in [2.05, 4.69) is 29.4 Å². The SMILES string of the molecule is CCOc1ccc(C(=O)NCC(=O)NC(C)CN2CC(C)CC(C)C2)cc1. The number of hydrogen-bond acceptors (Lipinski definition) is 4. The fourth-order valence-corrected chi connectivity index (χ4v) is 3.83. The molecule has 2 amide bonds. The second-order valence-corrected chi connectivity index (χ2v) is 7.77. The van der Waals surface area contributed by atoms with Crippen molar-refractivity contribution < 1.29 is 14.3 Å². The highest BCUT2D eigenvalue weighted by atomic mass is 16.5. The van der Waals surface area contributed by atoms with Gasteiger partial charge in [0.15, 0.2) is 0 Å². The molecule has 0 radical (unpaired) electrons. The summed E-state index contributed by atoms with van der Waals surface area (Å²) in [5.74, 6) is 1.69. The zero-order valence-electron chi connectivity index (χ0n) is 17.0. The van der Waals surface area contributed by atoms with Gasteiger partial charge in [0.2, 0.25) is 5.91 Å². The van der Waals surface area contributed by atoms with Crippen molar-refractivity contribution in [1.29, 1.82) is 0 Å². The molecule has 0 aromatic heterocycles. The first kappa shape index (κ1) is 21.2. The van der Waals surface area contributed by atoms with Crippen LogP contribution in [-0.4, -0.2) is 55.5 Å². The molecule has 1 aromatic rings. The molecular formula is C21H33N3O3. The summed E-state index contributed by atoms with van der Waals surface area (Å²) in [5.41, 5.74) is 0.510. The van der Waals surface area contributed by atoms with Gasteiger partial charge in [-0.3, -0.25) is 9.59 Å². The standard InChI is InChI=1S/C21H33N3O3/c1-5-27-19-8-6-18(7-9-19)21(26)22-11-20(25)23-17(4)14-24-12-15(2)10-16(3)13-24/h6-9,15-17H,5,10-14H2,1-4H3,(H,22,26)(H,23,25). The van der Waals surface area contributed by atoms with Crippen LogP contribution in [0.2, 0.25) is 0 Å². The van der Waals surface area contributed by atoms with E-state index in [-0.39, 0.29) is 24.4 Å². The first-order chi connectivity index (χ1) is 12.9. The summed E-state index contributed by atoms with van der Waals surface area (Å²) in [5, 5.41) is 5.64. The third-order valence-electron chi connectivity index (χ3n) is 4.72. The van der Waals surface area contributed by atoms with Crippen LogP contribution in [0.5, 0.6) is 5.75 Å². The number of nitrogens with one attached hydrogen (secondary N) is 2. The lowest BCUT2D eigenvalue weighted by Gasteiger charge is -2.36. The van der Waals surface area contributed by atoms with E-state index in [4.69, 9.17) is 4.74 Å². The second kappa shape index (κ2) is 10.3. The van der Waals surface area contributed by atoms with Crippen LogP contribution in [0.3, 0.4) is 0 Å². The molecule has 1 aromatic carbocycles. The molecule has 2 N–H and O–H groups in total. The van der Waals surface area contributed by atoms with Crippen LogP contribution in [-0.2, 0) is 4.79 Å². The van der Waals surface area contributed by atoms with Gasteiger partial charge in [0.25, 0.3) is 5.91 Å². The third kappa shape index (κ3) is 7.21. The zero-order chi connectivity index (χ0) is 19.8. The van der Waals surface area contributed by atoms with Crippen molar-refractivity contribution in [2.45, 2.75) is 40.2 Å². The molecule has 2 rings (SSSR count). The molecule has 1 aliphatic rings. The number of rotatable bonds is 8. The van der Waals surface area contributed by atoms with Gasteiger partial charge in [-0.05, 0) is 56.4 Å². The maximum Gasteiger partial charge on any atom is 0.251 e. The Balaban J connectivity index is 1.72. The summed E-state index contributed by atoms with van der Waals surface area (Å²) in [6, 6.07) is 6.94. The molecule has 1 saturated heterocycles. The minimum atomic E-state index is -0.264. The summed E-state index contributed by atoms with van der Waals surface area (Å²) in [6.07, 6.45) is 1.27. The van der Waals surface area contributed by atoms with Crippen LogP contribution in [0.15, 0.2) is 24.3 Å². The minimum Gasteiger partial charge on any atom is -0.494 e. The van der Waals surface area contributed by atoms with E-state index in [9.17, 15) is 9.59 Å². The molecular weight excluding hydrogens is 342 g/mol. The molecule has 0 saturated carbocycles. The molecule has 27 heavy (non-hydrogen) atoms. The van der Waals surface area contributed by atoms with Gasteiger partial charge in [0.05, 0.1) is 13.2 Å². The van der Waals surface area contributed by atoms with Crippen LogP contribution in [0.1, 0.15) is 44.5 Å². The number of benzene rings is 1. The molecule has 0 aliphatic carbocycles. The van der Waals surface area contributed by atoms with E-state index in [1.165, 1.54) is 6.42 Å². The normalized spacial score (nSPS) is 21.3. The van der Waals surface area contributed by atoms with Crippen molar-refractivity contribution in [2.24, 2.45) is 11.8 Å². The topological polar surface area (TPSA) is 70.7 Å². The summed E-state index contributed by atoms with van der Waals surface area (Å²) in [4.78, 5) is 26.7. The van der Waals surface area contributed by atoms with Crippen LogP contribution < -0.4 is 15.4 Å². The number of carbonyl (C=O) groups excluding carboxylic acids is 2. The predicted molar refractivity (Wildman–Crippen MR) is 107 cm³/mol. The Morgan fingerprint density at radius 1 is 1.19 bits per heavy atom. The van der Waals surface area contributed by atoms with Gasteiger partial charge in [-0.25, -0.2) is 0 Å². The molecule has 0 bridgehead atoms. The van der Waals surface area contributed by atoms with E-state index in [0.29, 0.717) is 24.0 Å². The van der Waals surface area contributed by atoms with Gasteiger partial charge in [-0.15, -0.1) is 0 Å². The lowest BCUT2D eigenvalue weighted by molar-refractivity contribution is -0.120. The van der Waals surface area contributed by atoms with Crippen molar-refractivity contribution in [3.63, 3.8) is 0 Å². The van der Waals surface area contributed by atoms with Crippen LogP contribution in [0.4, 0.5) is 0 Å². The van der Waals surface area contributed by atoms with Gasteiger partial charge in [-0.2, -0.15) is 0 Å². The quantitative estimate of drug-likeness (QED) is 0.731. The maximum atomic E-state index is 12.2. The molecule has 6 heteroatoms. The van der Waals surface area contributed by atoms with Crippen molar-refractivity contribution in [3.05, 3.63) is 29.8 Å². The highest BCUT2D eigenvalue weighted by Gasteiger charge is 2.23. The zero-order valence-corrected chi connectivity index (χ0v) is 17.0. The largest absolute Gasteiger partial charge is 0.494 e. The summed E-state index contributed by atoms with van der Waals surface area (Å²) >= 11 is 0. The number of amides is 2. The molecule has 1 aliphatic heterocycles. The van der Waals surface area contributed by atoms with E-state index in [0.717, 1.165) is 25.4 Å². The van der Waals surface area contributed by atoms with Gasteiger partial charge in [-0.1, -0.05) is 13.8 Å². The van der Waals surface area contributed by atoms with Gasteiger partial charge in [0, 0.05) is 31.2 Å². The number of hydrogen-bond donors (Lipinski definition) is 2. The predicted octanol–water partition coefficient (Wildman–Crippen LogP) is 2.30. The Hall–Kier alpha value is -2.08. The van der Waals surface area contributed by atoms with Crippen molar-refractivity contribution in [1.82, 2.24) is 15.5 Å². The number of piperidine rings is 1. The molecule has 3 atom stereocenters. The van der Waals surface area contributed by atoms with Crippen molar-refractivity contribution >= 4 is 11.8 Å². The van der Waals surface area contributed by atoms with Crippen LogP contribution in [0, 0.1) is 11.8 Å². The molecule has 1 heterocycles. The van der Waals surface area contributed by atoms with Gasteiger partial charge < -0.3 is 20.3 Å². The first-order valence-corrected chi connectivity index (χ1v) is 9.90. The Labute approximate surface area is 162 Å². The Kier molecular flexibility index (Phi) is 8.10. The summed E-state index contributed by atoms with van der Waals surface area (Å²) in [7, 11) is 0. The Bertz CT molecular complexity index is 608. The fourth-order valence-electron chi connectivity index (χ4n) is 3.83.